The number of thiocarbonyl (C=S) groups is 4. The van der Waals surface area contributed by atoms with Crippen LogP contribution in [0.2, 0.25) is 0 Å². The van der Waals surface area contributed by atoms with Crippen molar-refractivity contribution in [3.8, 4) is 0 Å². The number of carbonyl (C=O) groups is 2. The molecular weight excluding hydrogens is 530 g/mol. The molecule has 15 heteroatoms. The fraction of sp³-hybridized carbons (Fsp3) is 0. The van der Waals surface area contributed by atoms with Gasteiger partial charge >= 0.3 is 19.5 Å². The summed E-state index contributed by atoms with van der Waals surface area (Å²) in [4.78, 5) is 19.9. The normalized spacial score (nSPS) is 8.00. The van der Waals surface area contributed by atoms with Crippen LogP contribution in [0.15, 0.2) is 24.8 Å². The average molecular weight is 540 g/mol. The standard InChI is InChI=1S/2C5H6N2OS4.Zn/c2*1-3(6-4(9)10)7-5(11)12-2-8;/h2*2H,1H2,(H,7,11)(H2,6,9,10);/q;;+2/p-2. The first kappa shape index (κ1) is 29.9. The summed E-state index contributed by atoms with van der Waals surface area (Å²) >= 11 is 29.4. The zero-order valence-electron chi connectivity index (χ0n) is 12.4. The second kappa shape index (κ2) is 18.9. The van der Waals surface area contributed by atoms with E-state index in [1.807, 2.05) is 0 Å². The van der Waals surface area contributed by atoms with Gasteiger partial charge in [-0.3, -0.25) is 9.59 Å². The van der Waals surface area contributed by atoms with Gasteiger partial charge in [0.05, 0.1) is 11.6 Å². The molecule has 0 saturated heterocycles. The summed E-state index contributed by atoms with van der Waals surface area (Å²) in [5, 5.41) is 10.3. The van der Waals surface area contributed by atoms with Crippen LogP contribution in [0.3, 0.4) is 0 Å². The third-order valence-electron chi connectivity index (χ3n) is 1.32. The van der Waals surface area contributed by atoms with Crippen molar-refractivity contribution in [1.82, 2.24) is 21.3 Å². The van der Waals surface area contributed by atoms with Crippen molar-refractivity contribution >= 4 is 126 Å². The maximum Gasteiger partial charge on any atom is 2.00 e. The minimum atomic E-state index is 0. The first-order chi connectivity index (χ1) is 11.1. The van der Waals surface area contributed by atoms with Gasteiger partial charge in [0.25, 0.3) is 0 Å². The molecule has 0 aliphatic heterocycles. The maximum atomic E-state index is 9.96. The molecule has 4 N–H and O–H groups in total. The van der Waals surface area contributed by atoms with Gasteiger partial charge in [-0.05, 0) is 23.5 Å². The van der Waals surface area contributed by atoms with Crippen LogP contribution in [0.5, 0.6) is 0 Å². The van der Waals surface area contributed by atoms with E-state index in [0.717, 1.165) is 23.5 Å². The van der Waals surface area contributed by atoms with E-state index in [1.165, 1.54) is 0 Å². The topological polar surface area (TPSA) is 82.3 Å². The van der Waals surface area contributed by atoms with E-state index >= 15 is 0 Å². The number of hydrogen-bond donors (Lipinski definition) is 4. The number of carbonyl (C=O) groups excluding carboxylic acids is 2. The second-order valence-corrected chi connectivity index (χ2v) is 8.19. The smallest absolute Gasteiger partial charge is 0.411 e. The van der Waals surface area contributed by atoms with Crippen LogP contribution in [0.25, 0.3) is 0 Å². The zero-order chi connectivity index (χ0) is 19.1. The summed E-state index contributed by atoms with van der Waals surface area (Å²) in [7, 11) is 0. The van der Waals surface area contributed by atoms with Crippen molar-refractivity contribution in [1.29, 1.82) is 0 Å². The molecule has 0 spiro atoms. The van der Waals surface area contributed by atoms with Crippen LogP contribution in [-0.2, 0) is 54.3 Å². The molecule has 25 heavy (non-hydrogen) atoms. The molecule has 0 saturated carbocycles. The Balaban J connectivity index is -0.000000372. The number of hydrogen-bond acceptors (Lipinski definition) is 10. The van der Waals surface area contributed by atoms with Gasteiger partial charge in [0, 0.05) is 0 Å². The van der Waals surface area contributed by atoms with E-state index in [4.69, 9.17) is 24.4 Å². The van der Waals surface area contributed by atoms with E-state index in [9.17, 15) is 9.59 Å². The van der Waals surface area contributed by atoms with Gasteiger partial charge in [-0.25, -0.2) is 0 Å². The Morgan fingerprint density at radius 1 is 0.760 bits per heavy atom. The monoisotopic (exact) mass is 538 g/mol. The van der Waals surface area contributed by atoms with E-state index in [0.29, 0.717) is 31.5 Å². The van der Waals surface area contributed by atoms with E-state index in [-0.39, 0.29) is 28.1 Å². The van der Waals surface area contributed by atoms with Crippen LogP contribution < -0.4 is 21.3 Å². The van der Waals surface area contributed by atoms with Gasteiger partial charge in [0.2, 0.25) is 0 Å². The number of rotatable bonds is 6. The van der Waals surface area contributed by atoms with Crippen LogP contribution in [0, 0.1) is 0 Å². The maximum absolute atomic E-state index is 9.96. The minimum Gasteiger partial charge on any atom is -0.411 e. The largest absolute Gasteiger partial charge is 2.00 e. The molecule has 0 fully saturated rings. The second-order valence-electron chi connectivity index (χ2n) is 3.04. The van der Waals surface area contributed by atoms with Gasteiger partial charge in [0.1, 0.15) is 8.64 Å². The fourth-order valence-electron chi connectivity index (χ4n) is 0.702. The summed E-state index contributed by atoms with van der Waals surface area (Å²) < 4.78 is 0.945. The van der Waals surface area contributed by atoms with Crippen LogP contribution in [-0.4, -0.2) is 28.5 Å². The summed E-state index contributed by atoms with van der Waals surface area (Å²) in [6, 6.07) is 0. The van der Waals surface area contributed by atoms with E-state index < -0.39 is 0 Å². The van der Waals surface area contributed by atoms with Gasteiger partial charge in [-0.1, -0.05) is 46.2 Å². The van der Waals surface area contributed by atoms with Crippen LogP contribution in [0.1, 0.15) is 0 Å². The Hall–Kier alpha value is 0.143. The molecule has 0 aromatic rings. The molecule has 0 aliphatic carbocycles. The molecule has 0 amide bonds. The molecule has 0 aromatic carbocycles. The zero-order valence-corrected chi connectivity index (χ0v) is 21.9. The Bertz CT molecular complexity index is 509. The molecule has 6 nitrogen and oxygen atoms in total. The molecule has 0 rings (SSSR count). The summed E-state index contributed by atoms with van der Waals surface area (Å²) in [5.74, 6) is 0.740. The van der Waals surface area contributed by atoms with Crippen molar-refractivity contribution in [2.75, 3.05) is 0 Å². The Labute approximate surface area is 199 Å². The molecule has 0 aliphatic rings. The predicted octanol–water partition coefficient (Wildman–Crippen LogP) is 1.35. The Kier molecular flexibility index (Phi) is 22.6. The third-order valence-corrected chi connectivity index (χ3v) is 3.34. The van der Waals surface area contributed by atoms with E-state index in [2.05, 4.69) is 84.1 Å². The predicted molar refractivity (Wildman–Crippen MR) is 125 cm³/mol. The van der Waals surface area contributed by atoms with Crippen molar-refractivity contribution < 1.29 is 29.1 Å². The molecular formula is C10H10N4O2S8Zn. The van der Waals surface area contributed by atoms with E-state index in [1.54, 1.807) is 0 Å². The van der Waals surface area contributed by atoms with Crippen molar-refractivity contribution in [3.63, 3.8) is 0 Å². The number of nitrogens with one attached hydrogen (secondary N) is 4. The summed E-state index contributed by atoms with van der Waals surface area (Å²) in [6.07, 6.45) is 0. The summed E-state index contributed by atoms with van der Waals surface area (Å²) in [5.41, 5.74) is 1.24. The summed E-state index contributed by atoms with van der Waals surface area (Å²) in [6.45, 7) is 7.05. The molecule has 0 aromatic heterocycles. The molecule has 0 radical (unpaired) electrons. The minimum absolute atomic E-state index is 0. The molecule has 0 bridgehead atoms. The Morgan fingerprint density at radius 2 is 1.04 bits per heavy atom. The van der Waals surface area contributed by atoms with Crippen LogP contribution >= 0.6 is 72.4 Å². The first-order valence-corrected chi connectivity index (χ1v) is 9.49. The fourth-order valence-corrected chi connectivity index (χ4v) is 2.22. The van der Waals surface area contributed by atoms with Crippen molar-refractivity contribution in [3.05, 3.63) is 24.8 Å². The van der Waals surface area contributed by atoms with Gasteiger partial charge < -0.3 is 71.0 Å². The quantitative estimate of drug-likeness (QED) is 0.170. The number of thioether (sulfide) groups is 2. The molecule has 0 unspecified atom stereocenters. The van der Waals surface area contributed by atoms with Gasteiger partial charge in [-0.15, -0.1) is 0 Å². The Morgan fingerprint density at radius 3 is 1.24 bits per heavy atom. The molecule has 0 heterocycles. The van der Waals surface area contributed by atoms with Crippen molar-refractivity contribution in [2.45, 2.75) is 0 Å². The first-order valence-electron chi connectivity index (χ1n) is 5.28. The molecule has 132 valence electrons. The molecule has 0 atom stereocenters. The van der Waals surface area contributed by atoms with Gasteiger partial charge in [-0.2, -0.15) is 0 Å². The SMILES string of the molecule is C=C(NC(=S)[S-])NC(=S)SC=O.C=C(NC(=S)[S-])NC(=S)SC=O.[Zn+2]. The van der Waals surface area contributed by atoms with Crippen molar-refractivity contribution in [2.24, 2.45) is 0 Å². The third kappa shape index (κ3) is 24.1. The van der Waals surface area contributed by atoms with Gasteiger partial charge in [0.15, 0.2) is 11.2 Å². The van der Waals surface area contributed by atoms with Crippen LogP contribution in [0.4, 0.5) is 0 Å². The average Bonchev–Trinajstić information content (AvgIpc) is 2.37.